The molecule has 4 nitrogen and oxygen atoms in total. The molecule has 0 atom stereocenters. The van der Waals surface area contributed by atoms with Crippen LogP contribution in [0.1, 0.15) is 11.5 Å². The van der Waals surface area contributed by atoms with Gasteiger partial charge in [-0.05, 0) is 17.7 Å². The lowest BCUT2D eigenvalue weighted by Crippen LogP contribution is -1.87. The van der Waals surface area contributed by atoms with Gasteiger partial charge in [0.2, 0.25) is 0 Å². The molecule has 3 aromatic heterocycles. The predicted octanol–water partition coefficient (Wildman–Crippen LogP) is 2.46. The van der Waals surface area contributed by atoms with Gasteiger partial charge in [-0.2, -0.15) is 0 Å². The third-order valence-corrected chi connectivity index (χ3v) is 3.10. The summed E-state index contributed by atoms with van der Waals surface area (Å²) in [6.07, 6.45) is 4.18. The Morgan fingerprint density at radius 2 is 2.12 bits per heavy atom. The lowest BCUT2D eigenvalue weighted by Gasteiger charge is -1.94. The molecule has 16 heavy (non-hydrogen) atoms. The van der Waals surface area contributed by atoms with E-state index in [0.717, 1.165) is 11.1 Å². The van der Waals surface area contributed by atoms with Crippen LogP contribution in [-0.2, 0) is 6.42 Å². The van der Waals surface area contributed by atoms with Gasteiger partial charge >= 0.3 is 0 Å². The van der Waals surface area contributed by atoms with Crippen molar-refractivity contribution in [2.24, 2.45) is 0 Å². The molecule has 3 aromatic rings. The van der Waals surface area contributed by atoms with E-state index in [9.17, 15) is 0 Å². The summed E-state index contributed by atoms with van der Waals surface area (Å²) < 4.78 is 5.60. The second-order valence-electron chi connectivity index (χ2n) is 3.45. The fourth-order valence-corrected chi connectivity index (χ4v) is 2.21. The first-order valence-electron chi connectivity index (χ1n) is 4.84. The zero-order chi connectivity index (χ0) is 11.0. The van der Waals surface area contributed by atoms with Crippen molar-refractivity contribution < 1.29 is 4.42 Å². The number of nitrogens with two attached hydrogens (primary N) is 1. The third-order valence-electron chi connectivity index (χ3n) is 2.32. The van der Waals surface area contributed by atoms with Crippen molar-refractivity contribution in [3.63, 3.8) is 0 Å². The normalized spacial score (nSPS) is 11.0. The number of rotatable bonds is 2. The average molecular weight is 231 g/mol. The molecular weight excluding hydrogens is 222 g/mol. The fourth-order valence-electron chi connectivity index (χ4n) is 1.56. The van der Waals surface area contributed by atoms with Crippen LogP contribution in [0.5, 0.6) is 0 Å². The van der Waals surface area contributed by atoms with Crippen molar-refractivity contribution in [1.82, 2.24) is 9.97 Å². The molecule has 2 N–H and O–H groups in total. The Morgan fingerprint density at radius 1 is 1.31 bits per heavy atom. The van der Waals surface area contributed by atoms with Gasteiger partial charge in [0, 0.05) is 24.2 Å². The van der Waals surface area contributed by atoms with Crippen molar-refractivity contribution in [3.8, 4) is 0 Å². The van der Waals surface area contributed by atoms with Crippen LogP contribution in [0, 0.1) is 0 Å². The smallest absolute Gasteiger partial charge is 0.200 e. The van der Waals surface area contributed by atoms with Gasteiger partial charge in [0.25, 0.3) is 0 Å². The highest BCUT2D eigenvalue weighted by atomic mass is 32.1. The molecule has 0 aliphatic rings. The number of oxazole rings is 1. The Kier molecular flexibility index (Phi) is 2.11. The summed E-state index contributed by atoms with van der Waals surface area (Å²) in [7, 11) is 0. The standard InChI is InChI=1S/C11H9N3OS/c12-11-10-8(6-16-11)14-9(15-10)5-7-1-3-13-4-2-7/h1-4,6H,5,12H2. The number of fused-ring (bicyclic) bond motifs is 1. The van der Waals surface area contributed by atoms with Crippen LogP contribution in [0.2, 0.25) is 0 Å². The minimum absolute atomic E-state index is 0.668. The van der Waals surface area contributed by atoms with Crippen molar-refractivity contribution in [1.29, 1.82) is 0 Å². The minimum atomic E-state index is 0.668. The second kappa shape index (κ2) is 3.61. The Balaban J connectivity index is 1.95. The number of nitrogen functional groups attached to an aromatic ring is 1. The van der Waals surface area contributed by atoms with Gasteiger partial charge in [-0.25, -0.2) is 4.98 Å². The summed E-state index contributed by atoms with van der Waals surface area (Å²) in [5, 5.41) is 2.59. The lowest BCUT2D eigenvalue weighted by atomic mass is 10.2. The average Bonchev–Trinajstić information content (AvgIpc) is 2.83. The Bertz CT molecular complexity index is 614. The minimum Gasteiger partial charge on any atom is -0.437 e. The largest absolute Gasteiger partial charge is 0.437 e. The first-order chi connectivity index (χ1) is 7.83. The van der Waals surface area contributed by atoms with E-state index in [1.54, 1.807) is 12.4 Å². The van der Waals surface area contributed by atoms with Crippen molar-refractivity contribution in [2.45, 2.75) is 6.42 Å². The zero-order valence-corrected chi connectivity index (χ0v) is 9.20. The molecule has 0 fully saturated rings. The highest BCUT2D eigenvalue weighted by Gasteiger charge is 2.10. The summed E-state index contributed by atoms with van der Waals surface area (Å²) >= 11 is 1.45. The number of thiophene rings is 1. The van der Waals surface area contributed by atoms with E-state index < -0.39 is 0 Å². The summed E-state index contributed by atoms with van der Waals surface area (Å²) in [5.41, 5.74) is 8.43. The maximum absolute atomic E-state index is 5.76. The molecule has 0 saturated carbocycles. The van der Waals surface area contributed by atoms with E-state index in [2.05, 4.69) is 9.97 Å². The van der Waals surface area contributed by atoms with Gasteiger partial charge in [0.1, 0.15) is 10.5 Å². The summed E-state index contributed by atoms with van der Waals surface area (Å²) in [5.74, 6) is 0.690. The topological polar surface area (TPSA) is 64.9 Å². The fraction of sp³-hybridized carbons (Fsp3) is 0.0909. The highest BCUT2D eigenvalue weighted by molar-refractivity contribution is 7.15. The quantitative estimate of drug-likeness (QED) is 0.735. The molecule has 80 valence electrons. The number of hydrogen-bond donors (Lipinski definition) is 1. The number of anilines is 1. The first-order valence-corrected chi connectivity index (χ1v) is 5.72. The van der Waals surface area contributed by atoms with E-state index in [4.69, 9.17) is 10.2 Å². The second-order valence-corrected chi connectivity index (χ2v) is 4.37. The molecule has 0 radical (unpaired) electrons. The monoisotopic (exact) mass is 231 g/mol. The van der Waals surface area contributed by atoms with Gasteiger partial charge in [0.05, 0.1) is 0 Å². The summed E-state index contributed by atoms with van der Waals surface area (Å²) in [4.78, 5) is 8.34. The Morgan fingerprint density at radius 3 is 2.88 bits per heavy atom. The molecule has 0 spiro atoms. The van der Waals surface area contributed by atoms with Gasteiger partial charge < -0.3 is 10.2 Å². The SMILES string of the molecule is Nc1scc2nc(Cc3ccncc3)oc12. The van der Waals surface area contributed by atoms with Crippen LogP contribution in [0.25, 0.3) is 11.1 Å². The van der Waals surface area contributed by atoms with Crippen LogP contribution in [0.15, 0.2) is 34.3 Å². The molecule has 0 bridgehead atoms. The molecule has 3 rings (SSSR count). The molecular formula is C11H9N3OS. The maximum atomic E-state index is 5.76. The van der Waals surface area contributed by atoms with E-state index >= 15 is 0 Å². The molecule has 0 aromatic carbocycles. The van der Waals surface area contributed by atoms with Crippen LogP contribution in [0.3, 0.4) is 0 Å². The lowest BCUT2D eigenvalue weighted by molar-refractivity contribution is 0.545. The van der Waals surface area contributed by atoms with E-state index in [-0.39, 0.29) is 0 Å². The highest BCUT2D eigenvalue weighted by Crippen LogP contribution is 2.28. The summed E-state index contributed by atoms with van der Waals surface area (Å²) in [6, 6.07) is 3.89. The van der Waals surface area contributed by atoms with Gasteiger partial charge in [0.15, 0.2) is 11.5 Å². The number of hydrogen-bond acceptors (Lipinski definition) is 5. The van der Waals surface area contributed by atoms with E-state index in [0.29, 0.717) is 22.9 Å². The van der Waals surface area contributed by atoms with Crippen LogP contribution in [-0.4, -0.2) is 9.97 Å². The Hall–Kier alpha value is -1.88. The number of aromatic nitrogens is 2. The van der Waals surface area contributed by atoms with Crippen molar-refractivity contribution in [3.05, 3.63) is 41.4 Å². The molecule has 0 saturated heterocycles. The van der Waals surface area contributed by atoms with Gasteiger partial charge in [-0.15, -0.1) is 11.3 Å². The summed E-state index contributed by atoms with van der Waals surface area (Å²) in [6.45, 7) is 0. The zero-order valence-electron chi connectivity index (χ0n) is 8.38. The van der Waals surface area contributed by atoms with Crippen LogP contribution in [0.4, 0.5) is 5.00 Å². The van der Waals surface area contributed by atoms with E-state index in [1.807, 2.05) is 17.5 Å². The predicted molar refractivity (Wildman–Crippen MR) is 63.3 cm³/mol. The van der Waals surface area contributed by atoms with Gasteiger partial charge in [-0.1, -0.05) is 0 Å². The number of nitrogens with zero attached hydrogens (tertiary/aromatic N) is 2. The molecule has 0 amide bonds. The van der Waals surface area contributed by atoms with Crippen LogP contribution < -0.4 is 5.73 Å². The molecule has 0 aliphatic heterocycles. The maximum Gasteiger partial charge on any atom is 0.200 e. The Labute approximate surface area is 95.7 Å². The molecule has 5 heteroatoms. The first kappa shape index (κ1) is 9.35. The third kappa shape index (κ3) is 1.55. The van der Waals surface area contributed by atoms with Crippen LogP contribution >= 0.6 is 11.3 Å². The van der Waals surface area contributed by atoms with E-state index in [1.165, 1.54) is 11.3 Å². The number of pyridine rings is 1. The van der Waals surface area contributed by atoms with Crippen molar-refractivity contribution >= 4 is 27.4 Å². The van der Waals surface area contributed by atoms with Crippen molar-refractivity contribution in [2.75, 3.05) is 5.73 Å². The van der Waals surface area contributed by atoms with Gasteiger partial charge in [-0.3, -0.25) is 4.98 Å². The molecule has 0 unspecified atom stereocenters. The molecule has 0 aliphatic carbocycles. The molecule has 3 heterocycles.